The van der Waals surface area contributed by atoms with Gasteiger partial charge in [-0.3, -0.25) is 14.4 Å². The summed E-state index contributed by atoms with van der Waals surface area (Å²) in [5, 5.41) is 9.73. The van der Waals surface area contributed by atoms with Crippen LogP contribution in [0.25, 0.3) is 0 Å². The number of fused-ring (bicyclic) bond motifs is 1. The zero-order valence-corrected chi connectivity index (χ0v) is 14.5. The zero-order chi connectivity index (χ0) is 17.5. The van der Waals surface area contributed by atoms with Crippen molar-refractivity contribution in [3.63, 3.8) is 0 Å². The van der Waals surface area contributed by atoms with Gasteiger partial charge in [0.25, 0.3) is 5.91 Å². The Balaban J connectivity index is 1.77. The molecule has 1 N–H and O–H groups in total. The number of thiophene rings is 1. The Hall–Kier alpha value is -1.93. The number of hydrogen-bond acceptors (Lipinski definition) is 5. The Morgan fingerprint density at radius 2 is 1.96 bits per heavy atom. The second-order valence-corrected chi connectivity index (χ2v) is 7.61. The number of carbonyl (C=O) groups is 3. The predicted octanol–water partition coefficient (Wildman–Crippen LogP) is 0.900. The smallest absolute Gasteiger partial charge is 0.313 e. The van der Waals surface area contributed by atoms with Crippen LogP contribution in [-0.4, -0.2) is 66.0 Å². The number of carbonyl (C=O) groups excluding carboxylic acids is 2. The molecule has 0 radical (unpaired) electrons. The maximum atomic E-state index is 12.7. The van der Waals surface area contributed by atoms with Gasteiger partial charge in [0.05, 0.1) is 11.5 Å². The Kier molecular flexibility index (Phi) is 4.35. The summed E-state index contributed by atoms with van der Waals surface area (Å²) in [6, 6.07) is 3.60. The van der Waals surface area contributed by atoms with Gasteiger partial charge in [-0.05, 0) is 12.1 Å². The van der Waals surface area contributed by atoms with Gasteiger partial charge in [-0.2, -0.15) is 0 Å². The highest BCUT2D eigenvalue weighted by Gasteiger charge is 2.59. The van der Waals surface area contributed by atoms with E-state index in [1.165, 1.54) is 18.3 Å². The first-order chi connectivity index (χ1) is 11.4. The molecule has 3 rings (SSSR count). The van der Waals surface area contributed by atoms with Crippen LogP contribution in [0.3, 0.4) is 0 Å². The summed E-state index contributed by atoms with van der Waals surface area (Å²) in [7, 11) is 1.60. The van der Waals surface area contributed by atoms with Crippen molar-refractivity contribution >= 4 is 29.1 Å². The van der Waals surface area contributed by atoms with Gasteiger partial charge in [0.2, 0.25) is 5.91 Å². The van der Waals surface area contributed by atoms with E-state index in [0.29, 0.717) is 24.6 Å². The van der Waals surface area contributed by atoms with Crippen LogP contribution >= 0.6 is 11.3 Å². The lowest BCUT2D eigenvalue weighted by Crippen LogP contribution is -2.42. The highest BCUT2D eigenvalue weighted by atomic mass is 32.1. The topological polar surface area (TPSA) is 87.2 Å². The first-order valence-electron chi connectivity index (χ1n) is 7.73. The van der Waals surface area contributed by atoms with Gasteiger partial charge in [-0.15, -0.1) is 11.3 Å². The molecule has 1 aromatic rings. The molecule has 2 atom stereocenters. The number of hydrogen-bond donors (Lipinski definition) is 1. The molecule has 0 unspecified atom stereocenters. The first kappa shape index (κ1) is 16.9. The van der Waals surface area contributed by atoms with E-state index in [4.69, 9.17) is 4.74 Å². The SMILES string of the molecule is COCc1ccc(C(=O)N2C[C@@H]3CN(C(C)=O)C[C@]3(C(=O)O)C2)s1. The third-order valence-electron chi connectivity index (χ3n) is 4.93. The van der Waals surface area contributed by atoms with Crippen molar-refractivity contribution in [1.82, 2.24) is 9.80 Å². The zero-order valence-electron chi connectivity index (χ0n) is 13.7. The van der Waals surface area contributed by atoms with Crippen LogP contribution in [0.1, 0.15) is 21.5 Å². The van der Waals surface area contributed by atoms with E-state index in [1.807, 2.05) is 6.07 Å². The number of carboxylic acids is 1. The Morgan fingerprint density at radius 3 is 2.54 bits per heavy atom. The minimum Gasteiger partial charge on any atom is -0.481 e. The molecule has 0 saturated carbocycles. The lowest BCUT2D eigenvalue weighted by Gasteiger charge is -2.24. The maximum Gasteiger partial charge on any atom is 0.313 e. The van der Waals surface area contributed by atoms with Gasteiger partial charge in [0, 0.05) is 51.0 Å². The number of methoxy groups -OCH3 is 1. The average Bonchev–Trinajstić information content (AvgIpc) is 3.18. The van der Waals surface area contributed by atoms with Gasteiger partial charge in [-0.25, -0.2) is 0 Å². The fourth-order valence-electron chi connectivity index (χ4n) is 3.63. The maximum absolute atomic E-state index is 12.7. The number of rotatable bonds is 4. The van der Waals surface area contributed by atoms with Gasteiger partial charge >= 0.3 is 5.97 Å². The summed E-state index contributed by atoms with van der Waals surface area (Å²) >= 11 is 1.37. The van der Waals surface area contributed by atoms with Crippen LogP contribution in [0, 0.1) is 11.3 Å². The molecule has 2 fully saturated rings. The van der Waals surface area contributed by atoms with Crippen molar-refractivity contribution in [2.24, 2.45) is 11.3 Å². The third kappa shape index (κ3) is 2.69. The van der Waals surface area contributed by atoms with Crippen molar-refractivity contribution in [3.05, 3.63) is 21.9 Å². The molecular weight excluding hydrogens is 332 g/mol. The van der Waals surface area contributed by atoms with Crippen molar-refractivity contribution < 1.29 is 24.2 Å². The monoisotopic (exact) mass is 352 g/mol. The van der Waals surface area contributed by atoms with Crippen molar-refractivity contribution in [2.45, 2.75) is 13.5 Å². The first-order valence-corrected chi connectivity index (χ1v) is 8.55. The highest BCUT2D eigenvalue weighted by molar-refractivity contribution is 7.14. The summed E-state index contributed by atoms with van der Waals surface area (Å²) in [5.41, 5.74) is -1.05. The Labute approximate surface area is 143 Å². The summed E-state index contributed by atoms with van der Waals surface area (Å²) in [6.07, 6.45) is 0. The van der Waals surface area contributed by atoms with Gasteiger partial charge < -0.3 is 19.6 Å². The largest absolute Gasteiger partial charge is 0.481 e. The molecule has 0 spiro atoms. The van der Waals surface area contributed by atoms with Crippen LogP contribution in [0.15, 0.2) is 12.1 Å². The van der Waals surface area contributed by atoms with Crippen LogP contribution in [0.4, 0.5) is 0 Å². The molecule has 3 heterocycles. The third-order valence-corrected chi connectivity index (χ3v) is 5.97. The lowest BCUT2D eigenvalue weighted by atomic mass is 9.81. The summed E-state index contributed by atoms with van der Waals surface area (Å²) in [6.45, 7) is 2.98. The van der Waals surface area contributed by atoms with E-state index >= 15 is 0 Å². The van der Waals surface area contributed by atoms with Crippen LogP contribution < -0.4 is 0 Å². The normalized spacial score (nSPS) is 25.8. The quantitative estimate of drug-likeness (QED) is 0.870. The molecule has 2 aliphatic heterocycles. The molecule has 24 heavy (non-hydrogen) atoms. The molecule has 2 aliphatic rings. The second kappa shape index (κ2) is 6.18. The number of likely N-dealkylation sites (tertiary alicyclic amines) is 2. The van der Waals surface area contributed by atoms with Crippen molar-refractivity contribution in [1.29, 1.82) is 0 Å². The van der Waals surface area contributed by atoms with Gasteiger partial charge in [0.1, 0.15) is 5.41 Å². The summed E-state index contributed by atoms with van der Waals surface area (Å²) in [5.74, 6) is -1.42. The minimum atomic E-state index is -1.05. The standard InChI is InChI=1S/C16H20N2O5S/c1-10(19)17-5-11-6-18(9-16(11,8-17)15(21)22)14(20)13-4-3-12(24-13)7-23-2/h3-4,11H,5-9H2,1-2H3,(H,21,22)/t11-,16-/m0/s1. The number of amides is 2. The van der Waals surface area contributed by atoms with E-state index in [0.717, 1.165) is 4.88 Å². The number of nitrogens with zero attached hydrogens (tertiary/aromatic N) is 2. The Bertz CT molecular complexity index is 688. The Morgan fingerprint density at radius 1 is 1.29 bits per heavy atom. The van der Waals surface area contributed by atoms with Gasteiger partial charge in [-0.1, -0.05) is 0 Å². The fourth-order valence-corrected chi connectivity index (χ4v) is 4.58. The van der Waals surface area contributed by atoms with E-state index in [9.17, 15) is 19.5 Å². The molecule has 2 saturated heterocycles. The van der Waals surface area contributed by atoms with E-state index in [2.05, 4.69) is 0 Å². The summed E-state index contributed by atoms with van der Waals surface area (Å²) in [4.78, 5) is 40.9. The molecular formula is C16H20N2O5S. The molecule has 8 heteroatoms. The lowest BCUT2D eigenvalue weighted by molar-refractivity contribution is -0.149. The van der Waals surface area contributed by atoms with E-state index < -0.39 is 11.4 Å². The van der Waals surface area contributed by atoms with Crippen molar-refractivity contribution in [2.75, 3.05) is 33.3 Å². The predicted molar refractivity (Wildman–Crippen MR) is 86.7 cm³/mol. The molecule has 2 amide bonds. The molecule has 7 nitrogen and oxygen atoms in total. The number of aliphatic carboxylic acids is 1. The average molecular weight is 352 g/mol. The molecule has 130 valence electrons. The van der Waals surface area contributed by atoms with Crippen LogP contribution in [0.5, 0.6) is 0 Å². The summed E-state index contributed by atoms with van der Waals surface area (Å²) < 4.78 is 5.06. The van der Waals surface area contributed by atoms with E-state index in [-0.39, 0.29) is 30.8 Å². The van der Waals surface area contributed by atoms with E-state index in [1.54, 1.807) is 23.0 Å². The minimum absolute atomic E-state index is 0.120. The molecule has 1 aromatic heterocycles. The number of ether oxygens (including phenoxy) is 1. The number of carboxylic acid groups (broad SMARTS) is 1. The molecule has 0 aliphatic carbocycles. The van der Waals surface area contributed by atoms with Crippen LogP contribution in [-0.2, 0) is 20.9 Å². The second-order valence-electron chi connectivity index (χ2n) is 6.44. The van der Waals surface area contributed by atoms with Crippen molar-refractivity contribution in [3.8, 4) is 0 Å². The highest BCUT2D eigenvalue weighted by Crippen LogP contribution is 2.43. The molecule has 0 aromatic carbocycles. The van der Waals surface area contributed by atoms with Crippen LogP contribution in [0.2, 0.25) is 0 Å². The molecule has 0 bridgehead atoms. The fraction of sp³-hybridized carbons (Fsp3) is 0.562. The van der Waals surface area contributed by atoms with Gasteiger partial charge in [0.15, 0.2) is 0 Å².